The van der Waals surface area contributed by atoms with Crippen molar-refractivity contribution < 1.29 is 4.74 Å². The third kappa shape index (κ3) is 2.69. The van der Waals surface area contributed by atoms with Crippen LogP contribution in [0.2, 0.25) is 0 Å². The number of nitrogens with zero attached hydrogens (tertiary/aromatic N) is 2. The molecule has 3 aromatic rings. The average molecular weight is 280 g/mol. The molecule has 0 aliphatic carbocycles. The summed E-state index contributed by atoms with van der Waals surface area (Å²) in [6.07, 6.45) is 1.47. The SMILES string of the molecule is COc1cc(C(NN)c2ccc3ccccc3c2)ncn1. The molecule has 0 aliphatic rings. The number of hydrazine groups is 1. The minimum Gasteiger partial charge on any atom is -0.481 e. The van der Waals surface area contributed by atoms with Crippen LogP contribution in [0.15, 0.2) is 54.9 Å². The van der Waals surface area contributed by atoms with Crippen molar-refractivity contribution in [2.45, 2.75) is 6.04 Å². The molecule has 0 fully saturated rings. The normalized spacial score (nSPS) is 12.3. The van der Waals surface area contributed by atoms with Gasteiger partial charge in [-0.05, 0) is 22.4 Å². The van der Waals surface area contributed by atoms with Crippen LogP contribution in [-0.2, 0) is 0 Å². The predicted octanol–water partition coefficient (Wildman–Crippen LogP) is 2.19. The molecule has 0 radical (unpaired) electrons. The maximum atomic E-state index is 5.72. The fourth-order valence-electron chi connectivity index (χ4n) is 2.36. The Labute approximate surface area is 122 Å². The van der Waals surface area contributed by atoms with Crippen LogP contribution in [0.4, 0.5) is 0 Å². The molecule has 1 heterocycles. The summed E-state index contributed by atoms with van der Waals surface area (Å²) in [5, 5.41) is 2.36. The van der Waals surface area contributed by atoms with Gasteiger partial charge in [-0.2, -0.15) is 0 Å². The number of nitrogens with one attached hydrogen (secondary N) is 1. The first kappa shape index (κ1) is 13.5. The molecule has 3 N–H and O–H groups in total. The fourth-order valence-corrected chi connectivity index (χ4v) is 2.36. The molecule has 5 nitrogen and oxygen atoms in total. The van der Waals surface area contributed by atoms with Crippen LogP contribution in [-0.4, -0.2) is 17.1 Å². The fraction of sp³-hybridized carbons (Fsp3) is 0.125. The Kier molecular flexibility index (Phi) is 3.77. The van der Waals surface area contributed by atoms with Gasteiger partial charge in [0.25, 0.3) is 0 Å². The van der Waals surface area contributed by atoms with Gasteiger partial charge in [0.1, 0.15) is 6.33 Å². The first-order valence-corrected chi connectivity index (χ1v) is 6.62. The Balaban J connectivity index is 2.04. The number of rotatable bonds is 4. The lowest BCUT2D eigenvalue weighted by Gasteiger charge is -2.16. The molecule has 0 spiro atoms. The zero-order valence-electron chi connectivity index (χ0n) is 11.7. The van der Waals surface area contributed by atoms with Crippen molar-refractivity contribution in [2.75, 3.05) is 7.11 Å². The van der Waals surface area contributed by atoms with Gasteiger partial charge in [-0.15, -0.1) is 0 Å². The first-order chi connectivity index (χ1) is 10.3. The Morgan fingerprint density at radius 3 is 2.62 bits per heavy atom. The van der Waals surface area contributed by atoms with E-state index in [0.29, 0.717) is 5.88 Å². The topological polar surface area (TPSA) is 73.1 Å². The predicted molar refractivity (Wildman–Crippen MR) is 81.7 cm³/mol. The maximum absolute atomic E-state index is 5.72. The molecule has 2 aromatic carbocycles. The molecule has 0 aliphatic heterocycles. The minimum absolute atomic E-state index is 0.216. The Morgan fingerprint density at radius 1 is 1.05 bits per heavy atom. The standard InChI is InChI=1S/C16H16N4O/c1-21-15-9-14(18-10-19-15)16(20-17)13-7-6-11-4-2-3-5-12(11)8-13/h2-10,16,20H,17H2,1H3. The number of hydrogen-bond acceptors (Lipinski definition) is 5. The smallest absolute Gasteiger partial charge is 0.216 e. The largest absolute Gasteiger partial charge is 0.481 e. The molecule has 1 unspecified atom stereocenters. The molecule has 21 heavy (non-hydrogen) atoms. The van der Waals surface area contributed by atoms with E-state index in [0.717, 1.165) is 16.6 Å². The lowest BCUT2D eigenvalue weighted by Crippen LogP contribution is -2.29. The molecule has 0 saturated carbocycles. The number of hydrogen-bond donors (Lipinski definition) is 2. The van der Waals surface area contributed by atoms with E-state index in [1.807, 2.05) is 18.2 Å². The van der Waals surface area contributed by atoms with Crippen molar-refractivity contribution in [1.82, 2.24) is 15.4 Å². The molecule has 0 saturated heterocycles. The number of methoxy groups -OCH3 is 1. The van der Waals surface area contributed by atoms with E-state index in [1.54, 1.807) is 13.2 Å². The average Bonchev–Trinajstić information content (AvgIpc) is 2.56. The number of ether oxygens (including phenoxy) is 1. The van der Waals surface area contributed by atoms with E-state index in [9.17, 15) is 0 Å². The molecule has 0 bridgehead atoms. The molecule has 1 atom stereocenters. The van der Waals surface area contributed by atoms with Gasteiger partial charge < -0.3 is 4.74 Å². The molecular formula is C16H16N4O. The van der Waals surface area contributed by atoms with E-state index >= 15 is 0 Å². The Hall–Kier alpha value is -2.50. The number of benzene rings is 2. The van der Waals surface area contributed by atoms with Crippen molar-refractivity contribution in [3.63, 3.8) is 0 Å². The summed E-state index contributed by atoms with van der Waals surface area (Å²) in [6.45, 7) is 0. The van der Waals surface area contributed by atoms with Crippen molar-refractivity contribution in [1.29, 1.82) is 0 Å². The van der Waals surface area contributed by atoms with Gasteiger partial charge in [-0.3, -0.25) is 5.84 Å². The monoisotopic (exact) mass is 280 g/mol. The van der Waals surface area contributed by atoms with E-state index < -0.39 is 0 Å². The highest BCUT2D eigenvalue weighted by Crippen LogP contribution is 2.25. The van der Waals surface area contributed by atoms with Gasteiger partial charge in [0, 0.05) is 6.07 Å². The van der Waals surface area contributed by atoms with Crippen LogP contribution < -0.4 is 16.0 Å². The second-order valence-electron chi connectivity index (χ2n) is 4.69. The summed E-state index contributed by atoms with van der Waals surface area (Å²) in [5.41, 5.74) is 4.61. The van der Waals surface area contributed by atoms with Gasteiger partial charge in [0.15, 0.2) is 0 Å². The van der Waals surface area contributed by atoms with Crippen molar-refractivity contribution in [3.8, 4) is 5.88 Å². The summed E-state index contributed by atoms with van der Waals surface area (Å²) in [7, 11) is 1.58. The first-order valence-electron chi connectivity index (χ1n) is 6.62. The summed E-state index contributed by atoms with van der Waals surface area (Å²) in [5.74, 6) is 6.24. The van der Waals surface area contributed by atoms with E-state index in [-0.39, 0.29) is 6.04 Å². The van der Waals surface area contributed by atoms with Crippen molar-refractivity contribution in [3.05, 3.63) is 66.1 Å². The third-order valence-corrected chi connectivity index (χ3v) is 3.44. The van der Waals surface area contributed by atoms with Gasteiger partial charge in [-0.1, -0.05) is 36.4 Å². The zero-order chi connectivity index (χ0) is 14.7. The van der Waals surface area contributed by atoms with Gasteiger partial charge in [-0.25, -0.2) is 15.4 Å². The highest BCUT2D eigenvalue weighted by atomic mass is 16.5. The molecule has 5 heteroatoms. The molecular weight excluding hydrogens is 264 g/mol. The minimum atomic E-state index is -0.216. The Bertz CT molecular complexity index is 760. The quantitative estimate of drug-likeness (QED) is 0.566. The van der Waals surface area contributed by atoms with Gasteiger partial charge >= 0.3 is 0 Å². The summed E-state index contributed by atoms with van der Waals surface area (Å²) in [4.78, 5) is 8.30. The second-order valence-corrected chi connectivity index (χ2v) is 4.69. The summed E-state index contributed by atoms with van der Waals surface area (Å²) >= 11 is 0. The summed E-state index contributed by atoms with van der Waals surface area (Å²) in [6, 6.07) is 16.0. The Morgan fingerprint density at radius 2 is 1.86 bits per heavy atom. The van der Waals surface area contributed by atoms with E-state index in [1.165, 1.54) is 11.7 Å². The van der Waals surface area contributed by atoms with Crippen LogP contribution in [0, 0.1) is 0 Å². The van der Waals surface area contributed by atoms with Crippen molar-refractivity contribution in [2.24, 2.45) is 5.84 Å². The molecule has 106 valence electrons. The van der Waals surface area contributed by atoms with Gasteiger partial charge in [0.2, 0.25) is 5.88 Å². The van der Waals surface area contributed by atoms with Crippen LogP contribution >= 0.6 is 0 Å². The van der Waals surface area contributed by atoms with Crippen LogP contribution in [0.3, 0.4) is 0 Å². The van der Waals surface area contributed by atoms with Crippen LogP contribution in [0.1, 0.15) is 17.3 Å². The highest BCUT2D eigenvalue weighted by Gasteiger charge is 2.15. The van der Waals surface area contributed by atoms with Gasteiger partial charge in [0.05, 0.1) is 18.8 Å². The maximum Gasteiger partial charge on any atom is 0.216 e. The highest BCUT2D eigenvalue weighted by molar-refractivity contribution is 5.83. The van der Waals surface area contributed by atoms with E-state index in [4.69, 9.17) is 10.6 Å². The van der Waals surface area contributed by atoms with Crippen molar-refractivity contribution >= 4 is 10.8 Å². The molecule has 3 rings (SSSR count). The molecule has 0 amide bonds. The van der Waals surface area contributed by atoms with Crippen LogP contribution in [0.5, 0.6) is 5.88 Å². The number of nitrogens with two attached hydrogens (primary N) is 1. The number of aromatic nitrogens is 2. The van der Waals surface area contributed by atoms with E-state index in [2.05, 4.69) is 39.7 Å². The van der Waals surface area contributed by atoms with Crippen LogP contribution in [0.25, 0.3) is 10.8 Å². The molecule has 1 aromatic heterocycles. The summed E-state index contributed by atoms with van der Waals surface area (Å²) < 4.78 is 5.14. The second kappa shape index (κ2) is 5.87. The third-order valence-electron chi connectivity index (χ3n) is 3.44. The zero-order valence-corrected chi connectivity index (χ0v) is 11.7. The lowest BCUT2D eigenvalue weighted by atomic mass is 10.00. The number of fused-ring (bicyclic) bond motifs is 1. The lowest BCUT2D eigenvalue weighted by molar-refractivity contribution is 0.395.